The molecule has 1 rings (SSSR count). The first-order valence-electron chi connectivity index (χ1n) is 4.73. The first kappa shape index (κ1) is 11.6. The van der Waals surface area contributed by atoms with Crippen LogP contribution in [0.15, 0.2) is 0 Å². The van der Waals surface area contributed by atoms with Gasteiger partial charge >= 0.3 is 5.97 Å². The Kier molecular flexibility index (Phi) is 3.79. The molecule has 2 N–H and O–H groups in total. The van der Waals surface area contributed by atoms with E-state index in [4.69, 9.17) is 5.11 Å². The fourth-order valence-electron chi connectivity index (χ4n) is 1.48. The topological polar surface area (TPSA) is 94.9 Å². The summed E-state index contributed by atoms with van der Waals surface area (Å²) in [6.45, 7) is -0.218. The highest BCUT2D eigenvalue weighted by Crippen LogP contribution is 2.13. The smallest absolute Gasteiger partial charge is 0.306 e. The average Bonchev–Trinajstić information content (AvgIpc) is 2.10. The van der Waals surface area contributed by atoms with Crippen molar-refractivity contribution in [3.05, 3.63) is 0 Å². The van der Waals surface area contributed by atoms with E-state index in [2.05, 4.69) is 0 Å². The van der Waals surface area contributed by atoms with Gasteiger partial charge in [0.25, 0.3) is 0 Å². The van der Waals surface area contributed by atoms with Crippen molar-refractivity contribution in [2.75, 3.05) is 6.54 Å². The molecule has 0 bridgehead atoms. The molecule has 0 spiro atoms. The number of hydrogen-bond acceptors (Lipinski definition) is 4. The molecule has 0 radical (unpaired) electrons. The van der Waals surface area contributed by atoms with Crippen LogP contribution in [0.4, 0.5) is 0 Å². The summed E-state index contributed by atoms with van der Waals surface area (Å²) in [4.78, 5) is 33.8. The van der Waals surface area contributed by atoms with Crippen molar-refractivity contribution in [2.45, 2.75) is 31.8 Å². The van der Waals surface area contributed by atoms with Crippen molar-refractivity contribution in [3.63, 3.8) is 0 Å². The lowest BCUT2D eigenvalue weighted by Crippen LogP contribution is -2.44. The maximum Gasteiger partial charge on any atom is 0.306 e. The molecule has 0 aliphatic carbocycles. The first-order chi connectivity index (χ1) is 7.00. The number of aliphatic hydroxyl groups excluding tert-OH is 1. The summed E-state index contributed by atoms with van der Waals surface area (Å²) in [6, 6.07) is 0. The second kappa shape index (κ2) is 4.88. The predicted molar refractivity (Wildman–Crippen MR) is 48.8 cm³/mol. The van der Waals surface area contributed by atoms with Gasteiger partial charge in [0.1, 0.15) is 0 Å². The summed E-state index contributed by atoms with van der Waals surface area (Å²) in [5, 5.41) is 17.7. The molecule has 1 aliphatic heterocycles. The molecule has 6 nitrogen and oxygen atoms in total. The Bertz CT molecular complexity index is 272. The van der Waals surface area contributed by atoms with Crippen LogP contribution in [0, 0.1) is 0 Å². The van der Waals surface area contributed by atoms with Crippen molar-refractivity contribution in [1.29, 1.82) is 0 Å². The van der Waals surface area contributed by atoms with Gasteiger partial charge in [-0.3, -0.25) is 19.3 Å². The fourth-order valence-corrected chi connectivity index (χ4v) is 1.48. The van der Waals surface area contributed by atoms with E-state index in [1.54, 1.807) is 0 Å². The van der Waals surface area contributed by atoms with Gasteiger partial charge in [-0.1, -0.05) is 0 Å². The molecule has 1 atom stereocenters. The second-order valence-corrected chi connectivity index (χ2v) is 3.50. The zero-order valence-electron chi connectivity index (χ0n) is 8.18. The van der Waals surface area contributed by atoms with Crippen LogP contribution in [0.2, 0.25) is 0 Å². The zero-order valence-corrected chi connectivity index (χ0v) is 8.18. The van der Waals surface area contributed by atoms with Gasteiger partial charge in [0, 0.05) is 12.8 Å². The number of nitrogens with zero attached hydrogens (tertiary/aromatic N) is 1. The van der Waals surface area contributed by atoms with Crippen LogP contribution >= 0.6 is 0 Å². The van der Waals surface area contributed by atoms with E-state index < -0.39 is 18.5 Å². The summed E-state index contributed by atoms with van der Waals surface area (Å²) >= 11 is 0. The van der Waals surface area contributed by atoms with E-state index in [1.165, 1.54) is 0 Å². The standard InChI is InChI=1S/C9H13NO5/c11-6(4-9(14)15)5-10-7(12)2-1-3-8(10)13/h6,11H,1-5H2,(H,14,15). The lowest BCUT2D eigenvalue weighted by Gasteiger charge is -2.26. The number of aliphatic carboxylic acids is 1. The molecule has 1 aliphatic rings. The number of carbonyl (C=O) groups excluding carboxylic acids is 2. The first-order valence-corrected chi connectivity index (χ1v) is 4.73. The number of amides is 2. The Balaban J connectivity index is 2.51. The Labute approximate surface area is 86.5 Å². The Morgan fingerprint density at radius 1 is 1.33 bits per heavy atom. The van der Waals surface area contributed by atoms with Crippen LogP contribution in [0.1, 0.15) is 25.7 Å². The Hall–Kier alpha value is -1.43. The van der Waals surface area contributed by atoms with Crippen LogP contribution < -0.4 is 0 Å². The normalized spacial score (nSPS) is 19.1. The summed E-state index contributed by atoms with van der Waals surface area (Å²) in [7, 11) is 0. The SMILES string of the molecule is O=C(O)CC(O)CN1C(=O)CCCC1=O. The molecule has 6 heteroatoms. The lowest BCUT2D eigenvalue weighted by atomic mass is 10.1. The molecule has 0 aromatic carbocycles. The molecule has 1 saturated heterocycles. The zero-order chi connectivity index (χ0) is 11.4. The number of hydrogen-bond donors (Lipinski definition) is 2. The molecular weight excluding hydrogens is 202 g/mol. The third-order valence-corrected chi connectivity index (χ3v) is 2.19. The van der Waals surface area contributed by atoms with Gasteiger partial charge in [-0.2, -0.15) is 0 Å². The molecule has 2 amide bonds. The molecule has 0 aromatic heterocycles. The van der Waals surface area contributed by atoms with Crippen molar-refractivity contribution in [1.82, 2.24) is 4.90 Å². The minimum atomic E-state index is -1.19. The number of β-amino-alcohol motifs (C(OH)–C–C–N with tert-alkyl or cyclic N) is 1. The second-order valence-electron chi connectivity index (χ2n) is 3.50. The van der Waals surface area contributed by atoms with Crippen LogP contribution in [-0.4, -0.2) is 45.5 Å². The lowest BCUT2D eigenvalue weighted by molar-refractivity contribution is -0.151. The van der Waals surface area contributed by atoms with Crippen molar-refractivity contribution < 1.29 is 24.6 Å². The summed E-state index contributed by atoms with van der Waals surface area (Å²) in [6.07, 6.45) is -0.550. The van der Waals surface area contributed by atoms with Crippen LogP contribution in [0.3, 0.4) is 0 Å². The van der Waals surface area contributed by atoms with E-state index in [-0.39, 0.29) is 31.2 Å². The Morgan fingerprint density at radius 3 is 2.33 bits per heavy atom. The van der Waals surface area contributed by atoms with Crippen LogP contribution in [0.5, 0.6) is 0 Å². The number of carboxylic acids is 1. The molecule has 15 heavy (non-hydrogen) atoms. The van der Waals surface area contributed by atoms with E-state index in [0.717, 1.165) is 4.90 Å². The number of rotatable bonds is 4. The van der Waals surface area contributed by atoms with Crippen LogP contribution in [0.25, 0.3) is 0 Å². The highest BCUT2D eigenvalue weighted by molar-refractivity contribution is 5.97. The van der Waals surface area contributed by atoms with Gasteiger partial charge in [-0.15, -0.1) is 0 Å². The van der Waals surface area contributed by atoms with Gasteiger partial charge in [0.15, 0.2) is 0 Å². The minimum Gasteiger partial charge on any atom is -0.481 e. The third-order valence-electron chi connectivity index (χ3n) is 2.19. The summed E-state index contributed by atoms with van der Waals surface area (Å²) in [5.41, 5.74) is 0. The van der Waals surface area contributed by atoms with Crippen molar-refractivity contribution in [2.24, 2.45) is 0 Å². The molecule has 0 saturated carbocycles. The molecule has 1 fully saturated rings. The van der Waals surface area contributed by atoms with Crippen molar-refractivity contribution in [3.8, 4) is 0 Å². The maximum atomic E-state index is 11.3. The molecule has 1 unspecified atom stereocenters. The summed E-state index contributed by atoms with van der Waals surface area (Å²) in [5.74, 6) is -1.83. The predicted octanol–water partition coefficient (Wildman–Crippen LogP) is -0.639. The number of imide groups is 1. The average molecular weight is 215 g/mol. The highest BCUT2D eigenvalue weighted by Gasteiger charge is 2.28. The molecule has 1 heterocycles. The highest BCUT2D eigenvalue weighted by atomic mass is 16.4. The number of carbonyl (C=O) groups is 3. The monoisotopic (exact) mass is 215 g/mol. The molecule has 0 aromatic rings. The number of piperidine rings is 1. The van der Waals surface area contributed by atoms with E-state index in [1.807, 2.05) is 0 Å². The largest absolute Gasteiger partial charge is 0.481 e. The number of aliphatic hydroxyl groups is 1. The third kappa shape index (κ3) is 3.32. The molecule has 84 valence electrons. The van der Waals surface area contributed by atoms with Gasteiger partial charge in [0.2, 0.25) is 11.8 Å². The van der Waals surface area contributed by atoms with Gasteiger partial charge in [-0.05, 0) is 6.42 Å². The van der Waals surface area contributed by atoms with E-state index >= 15 is 0 Å². The maximum absolute atomic E-state index is 11.3. The van der Waals surface area contributed by atoms with E-state index in [0.29, 0.717) is 6.42 Å². The van der Waals surface area contributed by atoms with Crippen molar-refractivity contribution >= 4 is 17.8 Å². The fraction of sp³-hybridized carbons (Fsp3) is 0.667. The van der Waals surface area contributed by atoms with E-state index in [9.17, 15) is 19.5 Å². The quantitative estimate of drug-likeness (QED) is 0.608. The molecular formula is C9H13NO5. The van der Waals surface area contributed by atoms with Gasteiger partial charge in [-0.25, -0.2) is 0 Å². The minimum absolute atomic E-state index is 0.218. The summed E-state index contributed by atoms with van der Waals surface area (Å²) < 4.78 is 0. The Morgan fingerprint density at radius 2 is 1.87 bits per heavy atom. The number of carboxylic acid groups (broad SMARTS) is 1. The van der Waals surface area contributed by atoms with Gasteiger partial charge in [0.05, 0.1) is 19.1 Å². The van der Waals surface area contributed by atoms with Crippen LogP contribution in [-0.2, 0) is 14.4 Å². The van der Waals surface area contributed by atoms with Gasteiger partial charge < -0.3 is 10.2 Å². The number of likely N-dealkylation sites (tertiary alicyclic amines) is 1.